The first-order chi connectivity index (χ1) is 10.1. The number of aryl methyl sites for hydroxylation is 1. The van der Waals surface area contributed by atoms with E-state index < -0.39 is 26.9 Å². The predicted molar refractivity (Wildman–Crippen MR) is 65.3 cm³/mol. The van der Waals surface area contributed by atoms with Gasteiger partial charge in [-0.25, -0.2) is 13.1 Å². The lowest BCUT2D eigenvalue weighted by atomic mass is 10.4. The number of ether oxygens (including phenoxy) is 1. The molecule has 2 rings (SSSR count). The third-order valence-corrected chi connectivity index (χ3v) is 4.04. The third kappa shape index (κ3) is 3.39. The molecule has 0 fully saturated rings. The minimum Gasteiger partial charge on any atom is -0.479 e. The molecule has 0 radical (unpaired) electrons. The highest BCUT2D eigenvalue weighted by Gasteiger charge is 2.36. The minimum absolute atomic E-state index is 0.138. The highest BCUT2D eigenvalue weighted by atomic mass is 32.2. The van der Waals surface area contributed by atoms with Crippen LogP contribution < -0.4 is 9.46 Å². The van der Waals surface area contributed by atoms with E-state index in [2.05, 4.69) is 15.0 Å². The van der Waals surface area contributed by atoms with Crippen molar-refractivity contribution in [2.45, 2.75) is 17.7 Å². The van der Waals surface area contributed by atoms with Crippen LogP contribution in [0.4, 0.5) is 13.2 Å². The minimum atomic E-state index is -4.73. The summed E-state index contributed by atoms with van der Waals surface area (Å²) in [6.45, 7) is -0.300. The maximum atomic E-state index is 12.5. The summed E-state index contributed by atoms with van der Waals surface area (Å²) in [4.78, 5) is 0. The van der Waals surface area contributed by atoms with Crippen molar-refractivity contribution in [1.82, 2.24) is 19.7 Å². The van der Waals surface area contributed by atoms with Crippen molar-refractivity contribution in [2.24, 2.45) is 7.05 Å². The Morgan fingerprint density at radius 3 is 2.59 bits per heavy atom. The van der Waals surface area contributed by atoms with Crippen LogP contribution in [0.15, 0.2) is 21.7 Å². The smallest absolute Gasteiger partial charge is 0.435 e. The van der Waals surface area contributed by atoms with E-state index in [-0.39, 0.29) is 18.2 Å². The maximum Gasteiger partial charge on any atom is 0.435 e. The van der Waals surface area contributed by atoms with Gasteiger partial charge in [-0.15, -0.1) is 0 Å². The summed E-state index contributed by atoms with van der Waals surface area (Å²) in [5.74, 6) is 0.285. The molecule has 2 aromatic heterocycles. The molecule has 0 aliphatic carbocycles. The summed E-state index contributed by atoms with van der Waals surface area (Å²) in [6.07, 6.45) is -4.73. The van der Waals surface area contributed by atoms with Gasteiger partial charge in [0.15, 0.2) is 16.5 Å². The van der Waals surface area contributed by atoms with Crippen molar-refractivity contribution in [3.63, 3.8) is 0 Å². The second-order valence-corrected chi connectivity index (χ2v) is 5.86. The van der Waals surface area contributed by atoms with Crippen LogP contribution in [0.1, 0.15) is 11.5 Å². The monoisotopic (exact) mass is 340 g/mol. The number of nitrogens with one attached hydrogen (secondary N) is 1. The molecule has 1 N–H and O–H groups in total. The van der Waals surface area contributed by atoms with Crippen LogP contribution in [0.5, 0.6) is 5.88 Å². The van der Waals surface area contributed by atoms with Crippen molar-refractivity contribution in [1.29, 1.82) is 0 Å². The van der Waals surface area contributed by atoms with Crippen LogP contribution >= 0.6 is 0 Å². The van der Waals surface area contributed by atoms with Crippen molar-refractivity contribution in [3.8, 4) is 5.88 Å². The Bertz CT molecular complexity index is 765. The topological polar surface area (TPSA) is 99.2 Å². The molecular weight excluding hydrogens is 329 g/mol. The molecule has 2 aromatic rings. The number of hydrogen-bond donors (Lipinski definition) is 1. The van der Waals surface area contributed by atoms with E-state index in [4.69, 9.17) is 9.26 Å². The second-order valence-electron chi connectivity index (χ2n) is 4.15. The van der Waals surface area contributed by atoms with Crippen LogP contribution in [-0.4, -0.2) is 30.5 Å². The average molecular weight is 340 g/mol. The molecule has 8 nitrogen and oxygen atoms in total. The van der Waals surface area contributed by atoms with E-state index >= 15 is 0 Å². The van der Waals surface area contributed by atoms with Crippen LogP contribution in [0.3, 0.4) is 0 Å². The number of hydrogen-bond acceptors (Lipinski definition) is 6. The van der Waals surface area contributed by atoms with Gasteiger partial charge >= 0.3 is 6.18 Å². The number of aromatic nitrogens is 3. The lowest BCUT2D eigenvalue weighted by molar-refractivity contribution is -0.141. The van der Waals surface area contributed by atoms with Crippen LogP contribution in [0, 0.1) is 0 Å². The fourth-order valence-corrected chi connectivity index (χ4v) is 2.69. The molecular formula is C10H11F3N4O4S. The lowest BCUT2D eigenvalue weighted by Crippen LogP contribution is -2.25. The van der Waals surface area contributed by atoms with Gasteiger partial charge in [0.25, 0.3) is 15.9 Å². The standard InChI is InChI=1S/C10H11F3N4O4S/c1-17-9(4-7(15-17)10(11,12)13)22(18,19)14-5-6-3-8(20-2)16-21-6/h3-4,14H,5H2,1-2H3. The zero-order valence-electron chi connectivity index (χ0n) is 11.4. The molecule has 0 atom stereocenters. The molecule has 2 heterocycles. The maximum absolute atomic E-state index is 12.5. The average Bonchev–Trinajstić information content (AvgIpc) is 3.02. The van der Waals surface area contributed by atoms with E-state index in [1.165, 1.54) is 13.2 Å². The summed E-state index contributed by atoms with van der Waals surface area (Å²) in [6, 6.07) is 1.79. The van der Waals surface area contributed by atoms with Gasteiger partial charge in [-0.3, -0.25) is 4.68 Å². The molecule has 22 heavy (non-hydrogen) atoms. The predicted octanol–water partition coefficient (Wildman–Crippen LogP) is 0.914. The highest BCUT2D eigenvalue weighted by Crippen LogP contribution is 2.29. The van der Waals surface area contributed by atoms with E-state index in [1.54, 1.807) is 0 Å². The first-order valence-corrected chi connectivity index (χ1v) is 7.22. The van der Waals surface area contributed by atoms with Gasteiger partial charge in [0.1, 0.15) is 0 Å². The normalized spacial score (nSPS) is 12.6. The lowest BCUT2D eigenvalue weighted by Gasteiger charge is -2.04. The second kappa shape index (κ2) is 5.61. The summed E-state index contributed by atoms with van der Waals surface area (Å²) in [7, 11) is -1.76. The Kier molecular flexibility index (Phi) is 4.15. The van der Waals surface area contributed by atoms with Gasteiger partial charge in [0.2, 0.25) is 0 Å². The van der Waals surface area contributed by atoms with Crippen molar-refractivity contribution < 1.29 is 30.8 Å². The quantitative estimate of drug-likeness (QED) is 0.869. The number of alkyl halides is 3. The molecule has 12 heteroatoms. The Hall–Kier alpha value is -2.08. The SMILES string of the molecule is COc1cc(CNS(=O)(=O)c2cc(C(F)(F)F)nn2C)on1. The van der Waals surface area contributed by atoms with E-state index in [0.717, 1.165) is 7.05 Å². The Morgan fingerprint density at radius 1 is 1.41 bits per heavy atom. The molecule has 0 amide bonds. The summed E-state index contributed by atoms with van der Waals surface area (Å²) in [5, 5.41) is 5.98. The van der Waals surface area contributed by atoms with Crippen LogP contribution in [0.2, 0.25) is 0 Å². The molecule has 0 saturated heterocycles. The first kappa shape index (κ1) is 16.3. The molecule has 122 valence electrons. The Balaban J connectivity index is 2.18. The first-order valence-electron chi connectivity index (χ1n) is 5.74. The molecule has 0 spiro atoms. The van der Waals surface area contributed by atoms with Gasteiger partial charge in [-0.2, -0.15) is 18.3 Å². The Labute approximate surface area is 122 Å². The fraction of sp³-hybridized carbons (Fsp3) is 0.400. The van der Waals surface area contributed by atoms with Gasteiger partial charge in [0, 0.05) is 19.2 Å². The van der Waals surface area contributed by atoms with Gasteiger partial charge in [-0.1, -0.05) is 0 Å². The zero-order chi connectivity index (χ0) is 16.5. The number of nitrogens with zero attached hydrogens (tertiary/aromatic N) is 3. The van der Waals surface area contributed by atoms with E-state index in [9.17, 15) is 21.6 Å². The molecule has 0 aromatic carbocycles. The number of methoxy groups -OCH3 is 1. The summed E-state index contributed by atoms with van der Waals surface area (Å²) >= 11 is 0. The van der Waals surface area contributed by atoms with Crippen LogP contribution in [0.25, 0.3) is 0 Å². The van der Waals surface area contributed by atoms with Gasteiger partial charge < -0.3 is 9.26 Å². The third-order valence-electron chi connectivity index (χ3n) is 2.59. The van der Waals surface area contributed by atoms with E-state index in [0.29, 0.717) is 10.7 Å². The largest absolute Gasteiger partial charge is 0.479 e. The molecule has 0 unspecified atom stereocenters. The summed E-state index contributed by atoms with van der Waals surface area (Å²) < 4.78 is 73.9. The van der Waals surface area contributed by atoms with Crippen molar-refractivity contribution in [3.05, 3.63) is 23.6 Å². The van der Waals surface area contributed by atoms with Crippen LogP contribution in [-0.2, 0) is 29.8 Å². The van der Waals surface area contributed by atoms with Gasteiger partial charge in [0.05, 0.1) is 13.7 Å². The van der Waals surface area contributed by atoms with Crippen molar-refractivity contribution in [2.75, 3.05) is 7.11 Å². The van der Waals surface area contributed by atoms with Crippen molar-refractivity contribution >= 4 is 10.0 Å². The fourth-order valence-electron chi connectivity index (χ4n) is 1.55. The number of halogens is 3. The highest BCUT2D eigenvalue weighted by molar-refractivity contribution is 7.89. The number of rotatable bonds is 5. The number of sulfonamides is 1. The Morgan fingerprint density at radius 2 is 2.09 bits per heavy atom. The van der Waals surface area contributed by atoms with E-state index in [1.807, 2.05) is 0 Å². The van der Waals surface area contributed by atoms with Gasteiger partial charge in [-0.05, 0) is 5.16 Å². The molecule has 0 aliphatic heterocycles. The summed E-state index contributed by atoms with van der Waals surface area (Å²) in [5.41, 5.74) is -1.29. The molecule has 0 aliphatic rings. The zero-order valence-corrected chi connectivity index (χ0v) is 12.2. The molecule has 0 saturated carbocycles. The molecule has 0 bridgehead atoms.